The van der Waals surface area contributed by atoms with E-state index in [1.165, 1.54) is 12.3 Å². The highest BCUT2D eigenvalue weighted by atomic mass is 35.5. The van der Waals surface area contributed by atoms with Crippen molar-refractivity contribution < 1.29 is 4.79 Å². The molecular weight excluding hydrogens is 264 g/mol. The minimum Gasteiger partial charge on any atom is -0.327 e. The van der Waals surface area contributed by atoms with Gasteiger partial charge in [0.2, 0.25) is 0 Å². The van der Waals surface area contributed by atoms with Gasteiger partial charge in [-0.2, -0.15) is 0 Å². The summed E-state index contributed by atoms with van der Waals surface area (Å²) in [6.45, 7) is 3.86. The number of pyridine rings is 1. The van der Waals surface area contributed by atoms with Crippen molar-refractivity contribution >= 4 is 23.2 Å². The fraction of sp³-hybridized carbons (Fsp3) is 0.143. The molecule has 0 fully saturated rings. The van der Waals surface area contributed by atoms with Crippen LogP contribution in [0.2, 0.25) is 5.02 Å². The maximum atomic E-state index is 12.0. The Morgan fingerprint density at radius 2 is 2.00 bits per heavy atom. The summed E-state index contributed by atoms with van der Waals surface area (Å²) >= 11 is 5.69. The van der Waals surface area contributed by atoms with Crippen LogP contribution >= 0.6 is 11.6 Å². The van der Waals surface area contributed by atoms with Crippen LogP contribution in [0.4, 0.5) is 5.69 Å². The molecule has 1 aromatic carbocycles. The largest absolute Gasteiger partial charge is 0.327 e. The first-order valence-corrected chi connectivity index (χ1v) is 6.12. The number of anilines is 1. The minimum absolute atomic E-state index is 0.00591. The number of carbonyl (C=O) groups excluding carboxylic acids is 1. The molecule has 1 aromatic heterocycles. The Hall–Kier alpha value is -2.07. The molecule has 1 amide bonds. The van der Waals surface area contributed by atoms with Gasteiger partial charge in [0.15, 0.2) is 0 Å². The Morgan fingerprint density at radius 1 is 1.26 bits per heavy atom. The summed E-state index contributed by atoms with van der Waals surface area (Å²) in [6.07, 6.45) is 1.34. The number of aromatic nitrogens is 1. The third-order valence-corrected chi connectivity index (χ3v) is 3.04. The number of aromatic amines is 1. The molecule has 0 saturated carbocycles. The maximum Gasteiger partial charge on any atom is 0.266 e. The molecule has 2 rings (SSSR count). The van der Waals surface area contributed by atoms with E-state index in [9.17, 15) is 9.59 Å². The van der Waals surface area contributed by atoms with Gasteiger partial charge in [0.05, 0.1) is 5.56 Å². The molecule has 2 N–H and O–H groups in total. The molecule has 0 atom stereocenters. The smallest absolute Gasteiger partial charge is 0.266 e. The number of hydrogen-bond donors (Lipinski definition) is 2. The molecule has 98 valence electrons. The van der Waals surface area contributed by atoms with E-state index in [1.807, 2.05) is 32.0 Å². The third-order valence-electron chi connectivity index (χ3n) is 2.76. The summed E-state index contributed by atoms with van der Waals surface area (Å²) in [7, 11) is 0. The van der Waals surface area contributed by atoms with Crippen molar-refractivity contribution in [2.45, 2.75) is 13.8 Å². The van der Waals surface area contributed by atoms with Gasteiger partial charge in [-0.15, -0.1) is 0 Å². The minimum atomic E-state index is -0.412. The number of halogens is 1. The molecule has 0 saturated heterocycles. The number of amides is 1. The average Bonchev–Trinajstić information content (AvgIpc) is 2.37. The highest BCUT2D eigenvalue weighted by Crippen LogP contribution is 2.17. The van der Waals surface area contributed by atoms with E-state index in [1.54, 1.807) is 0 Å². The summed E-state index contributed by atoms with van der Waals surface area (Å²) in [5.74, 6) is -0.313. The zero-order chi connectivity index (χ0) is 14.0. The van der Waals surface area contributed by atoms with Crippen molar-refractivity contribution in [1.29, 1.82) is 0 Å². The number of H-pyrrole nitrogens is 1. The van der Waals surface area contributed by atoms with Crippen LogP contribution in [-0.2, 0) is 0 Å². The third kappa shape index (κ3) is 3.03. The lowest BCUT2D eigenvalue weighted by Crippen LogP contribution is -2.16. The number of rotatable bonds is 2. The lowest BCUT2D eigenvalue weighted by Gasteiger charge is -2.09. The topological polar surface area (TPSA) is 62.0 Å². The number of benzene rings is 1. The van der Waals surface area contributed by atoms with Crippen molar-refractivity contribution in [3.05, 3.63) is 62.5 Å². The van der Waals surface area contributed by atoms with E-state index in [0.717, 1.165) is 16.8 Å². The van der Waals surface area contributed by atoms with E-state index in [2.05, 4.69) is 10.3 Å². The molecule has 0 aliphatic heterocycles. The Labute approximate surface area is 115 Å². The fourth-order valence-corrected chi connectivity index (χ4v) is 1.82. The Morgan fingerprint density at radius 3 is 2.68 bits per heavy atom. The van der Waals surface area contributed by atoms with E-state index in [0.29, 0.717) is 5.56 Å². The number of aryl methyl sites for hydroxylation is 2. The van der Waals surface area contributed by atoms with Crippen LogP contribution in [0.15, 0.2) is 35.3 Å². The summed E-state index contributed by atoms with van der Waals surface area (Å²) in [5, 5.41) is 2.79. The second-order valence-corrected chi connectivity index (χ2v) is 4.75. The normalized spacial score (nSPS) is 10.3. The maximum absolute atomic E-state index is 12.0. The highest BCUT2D eigenvalue weighted by molar-refractivity contribution is 6.30. The number of hydrogen-bond acceptors (Lipinski definition) is 2. The Kier molecular flexibility index (Phi) is 3.71. The first-order chi connectivity index (χ1) is 8.97. The van der Waals surface area contributed by atoms with Gasteiger partial charge in [0, 0.05) is 11.9 Å². The van der Waals surface area contributed by atoms with Crippen molar-refractivity contribution in [3.8, 4) is 0 Å². The predicted octanol–water partition coefficient (Wildman–Crippen LogP) is 2.90. The van der Waals surface area contributed by atoms with Crippen LogP contribution in [0.5, 0.6) is 0 Å². The number of nitrogens with one attached hydrogen (secondary N) is 2. The molecule has 4 nitrogen and oxygen atoms in total. The second-order valence-electron chi connectivity index (χ2n) is 4.34. The van der Waals surface area contributed by atoms with Gasteiger partial charge in [-0.3, -0.25) is 9.59 Å². The number of carbonyl (C=O) groups is 1. The standard InChI is InChI=1S/C14H13ClN2O2/c1-8-3-4-9(2)12(5-8)17-13(18)10-6-11(15)14(19)16-7-10/h3-7H,1-2H3,(H,16,19)(H,17,18). The van der Waals surface area contributed by atoms with Gasteiger partial charge in [-0.05, 0) is 37.1 Å². The molecule has 5 heteroatoms. The van der Waals surface area contributed by atoms with Crippen LogP contribution in [0.25, 0.3) is 0 Å². The highest BCUT2D eigenvalue weighted by Gasteiger charge is 2.09. The van der Waals surface area contributed by atoms with E-state index in [4.69, 9.17) is 11.6 Å². The van der Waals surface area contributed by atoms with Gasteiger partial charge in [-0.1, -0.05) is 23.7 Å². The van der Waals surface area contributed by atoms with Crippen LogP contribution in [0, 0.1) is 13.8 Å². The molecule has 0 aliphatic carbocycles. The quantitative estimate of drug-likeness (QED) is 0.886. The lowest BCUT2D eigenvalue weighted by atomic mass is 10.1. The monoisotopic (exact) mass is 276 g/mol. The summed E-state index contributed by atoms with van der Waals surface area (Å²) in [4.78, 5) is 25.6. The van der Waals surface area contributed by atoms with E-state index >= 15 is 0 Å². The fourth-order valence-electron chi connectivity index (χ4n) is 1.65. The van der Waals surface area contributed by atoms with Crippen molar-refractivity contribution in [2.75, 3.05) is 5.32 Å². The van der Waals surface area contributed by atoms with E-state index < -0.39 is 5.56 Å². The molecule has 0 bridgehead atoms. The average molecular weight is 277 g/mol. The van der Waals surface area contributed by atoms with Crippen molar-refractivity contribution in [1.82, 2.24) is 4.98 Å². The molecule has 1 heterocycles. The molecule has 0 unspecified atom stereocenters. The lowest BCUT2D eigenvalue weighted by molar-refractivity contribution is 0.102. The van der Waals surface area contributed by atoms with Gasteiger partial charge < -0.3 is 10.3 Å². The molecule has 0 spiro atoms. The summed E-state index contributed by atoms with van der Waals surface area (Å²) in [6, 6.07) is 7.15. The molecule has 0 radical (unpaired) electrons. The molecular formula is C14H13ClN2O2. The second kappa shape index (κ2) is 5.28. The summed E-state index contributed by atoms with van der Waals surface area (Å²) < 4.78 is 0. The van der Waals surface area contributed by atoms with Gasteiger partial charge in [0.1, 0.15) is 5.02 Å². The van der Waals surface area contributed by atoms with Crippen LogP contribution in [-0.4, -0.2) is 10.9 Å². The molecule has 19 heavy (non-hydrogen) atoms. The van der Waals surface area contributed by atoms with Crippen LogP contribution in [0.1, 0.15) is 21.5 Å². The first kappa shape index (κ1) is 13.4. The summed E-state index contributed by atoms with van der Waals surface area (Å²) in [5.41, 5.74) is 2.66. The zero-order valence-corrected chi connectivity index (χ0v) is 11.3. The van der Waals surface area contributed by atoms with Crippen LogP contribution < -0.4 is 10.9 Å². The van der Waals surface area contributed by atoms with Gasteiger partial charge in [0.25, 0.3) is 11.5 Å². The van der Waals surface area contributed by atoms with Gasteiger partial charge in [-0.25, -0.2) is 0 Å². The Balaban J connectivity index is 2.28. The van der Waals surface area contributed by atoms with E-state index in [-0.39, 0.29) is 10.9 Å². The Bertz CT molecular complexity index is 692. The molecule has 2 aromatic rings. The van der Waals surface area contributed by atoms with Crippen molar-refractivity contribution in [2.24, 2.45) is 0 Å². The first-order valence-electron chi connectivity index (χ1n) is 5.74. The van der Waals surface area contributed by atoms with Crippen LogP contribution in [0.3, 0.4) is 0 Å². The van der Waals surface area contributed by atoms with Crippen molar-refractivity contribution in [3.63, 3.8) is 0 Å². The van der Waals surface area contributed by atoms with Gasteiger partial charge >= 0.3 is 0 Å². The zero-order valence-electron chi connectivity index (χ0n) is 10.6. The predicted molar refractivity (Wildman–Crippen MR) is 75.9 cm³/mol. The molecule has 0 aliphatic rings. The SMILES string of the molecule is Cc1ccc(C)c(NC(=O)c2c[nH]c(=O)c(Cl)c2)c1.